The van der Waals surface area contributed by atoms with Crippen LogP contribution in [0, 0.1) is 13.8 Å². The summed E-state index contributed by atoms with van der Waals surface area (Å²) >= 11 is 0. The van der Waals surface area contributed by atoms with E-state index in [1.54, 1.807) is 21.7 Å². The van der Waals surface area contributed by atoms with Gasteiger partial charge in [-0.2, -0.15) is 0 Å². The number of nitrogens with one attached hydrogen (secondary N) is 1. The highest BCUT2D eigenvalue weighted by Gasteiger charge is 2.28. The molecule has 3 aromatic rings. The van der Waals surface area contributed by atoms with E-state index in [4.69, 9.17) is 0 Å². The Bertz CT molecular complexity index is 1040. The molecule has 0 bridgehead atoms. The van der Waals surface area contributed by atoms with Gasteiger partial charge in [0, 0.05) is 24.7 Å². The molecule has 1 aliphatic heterocycles. The van der Waals surface area contributed by atoms with Gasteiger partial charge in [-0.3, -0.25) is 9.59 Å². The van der Waals surface area contributed by atoms with Crippen LogP contribution in [0.15, 0.2) is 54.6 Å². The van der Waals surface area contributed by atoms with E-state index in [0.29, 0.717) is 24.3 Å². The Kier molecular flexibility index (Phi) is 5.61. The van der Waals surface area contributed by atoms with Crippen molar-refractivity contribution in [3.63, 3.8) is 0 Å². The second-order valence-corrected chi connectivity index (χ2v) is 7.68. The Morgan fingerprint density at radius 1 is 0.967 bits per heavy atom. The summed E-state index contributed by atoms with van der Waals surface area (Å²) in [6.07, 6.45) is 1.44. The molecule has 1 N–H and O–H groups in total. The van der Waals surface area contributed by atoms with Crippen molar-refractivity contribution in [2.24, 2.45) is 0 Å². The molecule has 1 fully saturated rings. The van der Waals surface area contributed by atoms with Crippen molar-refractivity contribution in [3.8, 4) is 5.69 Å². The lowest BCUT2D eigenvalue weighted by Gasteiger charge is -2.32. The Hall–Kier alpha value is -3.48. The van der Waals surface area contributed by atoms with E-state index in [-0.39, 0.29) is 17.9 Å². The summed E-state index contributed by atoms with van der Waals surface area (Å²) < 4.78 is 1.69. The first-order valence-corrected chi connectivity index (χ1v) is 10.2. The number of hydrogen-bond acceptors (Lipinski definition) is 4. The fourth-order valence-electron chi connectivity index (χ4n) is 3.69. The maximum absolute atomic E-state index is 13.0. The zero-order chi connectivity index (χ0) is 21.1. The molecule has 154 valence electrons. The third kappa shape index (κ3) is 4.10. The molecule has 7 nitrogen and oxygen atoms in total. The van der Waals surface area contributed by atoms with Crippen LogP contribution in [0.2, 0.25) is 0 Å². The van der Waals surface area contributed by atoms with E-state index in [1.807, 2.05) is 56.3 Å². The van der Waals surface area contributed by atoms with E-state index < -0.39 is 0 Å². The summed E-state index contributed by atoms with van der Waals surface area (Å²) in [6, 6.07) is 17.2. The number of rotatable bonds is 4. The van der Waals surface area contributed by atoms with Crippen LogP contribution in [0.4, 0.5) is 0 Å². The smallest absolute Gasteiger partial charge is 0.276 e. The van der Waals surface area contributed by atoms with Crippen molar-refractivity contribution < 1.29 is 9.59 Å². The fraction of sp³-hybridized carbons (Fsp3) is 0.304. The molecule has 0 unspecified atom stereocenters. The predicted octanol–water partition coefficient (Wildman–Crippen LogP) is 2.92. The number of carbonyl (C=O) groups is 2. The molecule has 0 aliphatic carbocycles. The van der Waals surface area contributed by atoms with Gasteiger partial charge in [0.2, 0.25) is 0 Å². The number of benzene rings is 2. The summed E-state index contributed by atoms with van der Waals surface area (Å²) in [5, 5.41) is 11.4. The van der Waals surface area contributed by atoms with Crippen molar-refractivity contribution in [1.29, 1.82) is 0 Å². The summed E-state index contributed by atoms with van der Waals surface area (Å²) in [5.74, 6) is -0.184. The molecular formula is C23H25N5O2. The molecule has 2 aromatic carbocycles. The van der Waals surface area contributed by atoms with Crippen LogP contribution in [0.5, 0.6) is 0 Å². The third-order valence-corrected chi connectivity index (χ3v) is 5.53. The minimum absolute atomic E-state index is 0.0612. The Morgan fingerprint density at radius 2 is 1.63 bits per heavy atom. The molecule has 2 amide bonds. The van der Waals surface area contributed by atoms with Gasteiger partial charge in [-0.1, -0.05) is 41.1 Å². The Morgan fingerprint density at radius 3 is 2.30 bits per heavy atom. The predicted molar refractivity (Wildman–Crippen MR) is 114 cm³/mol. The van der Waals surface area contributed by atoms with Crippen LogP contribution in [-0.2, 0) is 0 Å². The first kappa shape index (κ1) is 19.8. The highest BCUT2D eigenvalue weighted by Crippen LogP contribution is 2.18. The Labute approximate surface area is 175 Å². The highest BCUT2D eigenvalue weighted by molar-refractivity contribution is 5.94. The molecule has 0 radical (unpaired) electrons. The number of aromatic nitrogens is 3. The molecule has 0 atom stereocenters. The van der Waals surface area contributed by atoms with Gasteiger partial charge in [0.15, 0.2) is 5.69 Å². The number of piperidine rings is 1. The fourth-order valence-corrected chi connectivity index (χ4v) is 3.69. The van der Waals surface area contributed by atoms with Crippen LogP contribution >= 0.6 is 0 Å². The third-order valence-electron chi connectivity index (χ3n) is 5.53. The Balaban J connectivity index is 1.38. The average molecular weight is 403 g/mol. The van der Waals surface area contributed by atoms with E-state index >= 15 is 0 Å². The van der Waals surface area contributed by atoms with Gasteiger partial charge in [0.05, 0.1) is 11.4 Å². The molecule has 7 heteroatoms. The van der Waals surface area contributed by atoms with Crippen molar-refractivity contribution in [1.82, 2.24) is 25.2 Å². The standard InChI is InChI=1S/C23H25N5O2/c1-16-8-10-20(11-9-16)28-17(2)21(25-26-28)23(30)27-14-12-19(13-15-27)24-22(29)18-6-4-3-5-7-18/h3-11,19H,12-15H2,1-2H3,(H,24,29). The van der Waals surface area contributed by atoms with E-state index in [9.17, 15) is 9.59 Å². The van der Waals surface area contributed by atoms with Crippen LogP contribution in [0.1, 0.15) is 44.9 Å². The molecule has 1 aliphatic rings. The highest BCUT2D eigenvalue weighted by atomic mass is 16.2. The van der Waals surface area contributed by atoms with Gasteiger partial charge in [0.25, 0.3) is 11.8 Å². The lowest BCUT2D eigenvalue weighted by Crippen LogP contribution is -2.46. The molecule has 4 rings (SSSR count). The van der Waals surface area contributed by atoms with Crippen molar-refractivity contribution in [3.05, 3.63) is 77.1 Å². The van der Waals surface area contributed by atoms with Crippen LogP contribution in [-0.4, -0.2) is 50.8 Å². The molecular weight excluding hydrogens is 378 g/mol. The lowest BCUT2D eigenvalue weighted by atomic mass is 10.0. The first-order chi connectivity index (χ1) is 14.5. The van der Waals surface area contributed by atoms with Gasteiger partial charge in [-0.25, -0.2) is 4.68 Å². The lowest BCUT2D eigenvalue weighted by molar-refractivity contribution is 0.0691. The maximum Gasteiger partial charge on any atom is 0.276 e. The number of aryl methyl sites for hydroxylation is 1. The van der Waals surface area contributed by atoms with Crippen LogP contribution in [0.25, 0.3) is 5.69 Å². The average Bonchev–Trinajstić information content (AvgIpc) is 3.16. The summed E-state index contributed by atoms with van der Waals surface area (Å²) in [6.45, 7) is 5.05. The second kappa shape index (κ2) is 8.49. The van der Waals surface area contributed by atoms with Gasteiger partial charge in [-0.05, 0) is 51.0 Å². The summed E-state index contributed by atoms with van der Waals surface area (Å²) in [7, 11) is 0. The zero-order valence-electron chi connectivity index (χ0n) is 17.2. The molecule has 1 saturated heterocycles. The van der Waals surface area contributed by atoms with Gasteiger partial charge in [-0.15, -0.1) is 5.10 Å². The SMILES string of the molecule is Cc1ccc(-n2nnc(C(=O)N3CCC(NC(=O)c4ccccc4)CC3)c2C)cc1. The van der Waals surface area contributed by atoms with Crippen molar-refractivity contribution in [2.45, 2.75) is 32.7 Å². The topological polar surface area (TPSA) is 80.1 Å². The van der Waals surface area contributed by atoms with E-state index in [2.05, 4.69) is 15.6 Å². The normalized spacial score (nSPS) is 14.5. The van der Waals surface area contributed by atoms with E-state index in [0.717, 1.165) is 29.8 Å². The van der Waals surface area contributed by atoms with Gasteiger partial charge in [0.1, 0.15) is 0 Å². The minimum atomic E-state index is -0.112. The summed E-state index contributed by atoms with van der Waals surface area (Å²) in [5.41, 5.74) is 3.80. The second-order valence-electron chi connectivity index (χ2n) is 7.68. The number of amides is 2. The summed E-state index contributed by atoms with van der Waals surface area (Å²) in [4.78, 5) is 27.1. The number of carbonyl (C=O) groups excluding carboxylic acids is 2. The molecule has 0 spiro atoms. The van der Waals surface area contributed by atoms with Crippen LogP contribution in [0.3, 0.4) is 0 Å². The zero-order valence-corrected chi connectivity index (χ0v) is 17.2. The number of hydrogen-bond donors (Lipinski definition) is 1. The molecule has 1 aromatic heterocycles. The van der Waals surface area contributed by atoms with E-state index in [1.165, 1.54) is 0 Å². The van der Waals surface area contributed by atoms with Gasteiger partial charge >= 0.3 is 0 Å². The quantitative estimate of drug-likeness (QED) is 0.726. The monoisotopic (exact) mass is 403 g/mol. The van der Waals surface area contributed by atoms with Gasteiger partial charge < -0.3 is 10.2 Å². The van der Waals surface area contributed by atoms with Crippen LogP contribution < -0.4 is 5.32 Å². The largest absolute Gasteiger partial charge is 0.349 e. The number of likely N-dealkylation sites (tertiary alicyclic amines) is 1. The molecule has 0 saturated carbocycles. The van der Waals surface area contributed by atoms with Crippen molar-refractivity contribution >= 4 is 11.8 Å². The molecule has 30 heavy (non-hydrogen) atoms. The molecule has 2 heterocycles. The number of nitrogens with zero attached hydrogens (tertiary/aromatic N) is 4. The minimum Gasteiger partial charge on any atom is -0.349 e. The first-order valence-electron chi connectivity index (χ1n) is 10.2. The maximum atomic E-state index is 13.0. The van der Waals surface area contributed by atoms with Crippen molar-refractivity contribution in [2.75, 3.05) is 13.1 Å².